The second kappa shape index (κ2) is 6.47. The Bertz CT molecular complexity index is 658. The van der Waals surface area contributed by atoms with Crippen LogP contribution in [0.3, 0.4) is 0 Å². The number of carbonyl (C=O) groups excluding carboxylic acids is 1. The number of rotatable bonds is 4. The van der Waals surface area contributed by atoms with Gasteiger partial charge in [-0.15, -0.1) is 0 Å². The molecule has 0 N–H and O–H groups in total. The Balaban J connectivity index is 1.68. The molecule has 2 aromatic rings. The summed E-state index contributed by atoms with van der Waals surface area (Å²) in [5.74, 6) is 2.53. The Morgan fingerprint density at radius 3 is 2.59 bits per heavy atom. The first-order chi connectivity index (χ1) is 10.7. The minimum atomic E-state index is 0.328. The van der Waals surface area contributed by atoms with Crippen LogP contribution < -0.4 is 4.74 Å². The summed E-state index contributed by atoms with van der Waals surface area (Å²) in [4.78, 5) is 15.1. The van der Waals surface area contributed by atoms with Crippen molar-refractivity contribution in [2.24, 2.45) is 11.8 Å². The second-order valence-corrected chi connectivity index (χ2v) is 6.61. The minimum Gasteiger partial charge on any atom is -0.490 e. The van der Waals surface area contributed by atoms with Crippen LogP contribution in [0.2, 0.25) is 0 Å². The van der Waals surface area contributed by atoms with Gasteiger partial charge in [0.15, 0.2) is 6.29 Å². The van der Waals surface area contributed by atoms with Crippen molar-refractivity contribution in [2.45, 2.75) is 45.6 Å². The number of carbonyl (C=O) groups is 1. The van der Waals surface area contributed by atoms with Gasteiger partial charge in [0, 0.05) is 5.39 Å². The van der Waals surface area contributed by atoms with Crippen LogP contribution in [0, 0.1) is 11.8 Å². The van der Waals surface area contributed by atoms with Crippen molar-refractivity contribution in [2.75, 3.05) is 0 Å². The van der Waals surface area contributed by atoms with E-state index in [1.165, 1.54) is 12.8 Å². The molecule has 0 bridgehead atoms. The molecule has 1 aliphatic carbocycles. The van der Waals surface area contributed by atoms with Crippen LogP contribution in [-0.2, 0) is 0 Å². The molecule has 0 unspecified atom stereocenters. The fourth-order valence-electron chi connectivity index (χ4n) is 3.32. The summed E-state index contributed by atoms with van der Waals surface area (Å²) in [5, 5.41) is 1.01. The molecule has 0 radical (unpaired) electrons. The Labute approximate surface area is 131 Å². The Hall–Kier alpha value is -1.90. The van der Waals surface area contributed by atoms with E-state index in [2.05, 4.69) is 18.8 Å². The zero-order valence-electron chi connectivity index (χ0n) is 13.3. The van der Waals surface area contributed by atoms with Crippen molar-refractivity contribution >= 4 is 17.2 Å². The van der Waals surface area contributed by atoms with Crippen LogP contribution in [0.4, 0.5) is 0 Å². The average molecular weight is 297 g/mol. The summed E-state index contributed by atoms with van der Waals surface area (Å²) in [6.07, 6.45) is 5.92. The predicted octanol–water partition coefficient (Wildman–Crippen LogP) is 4.64. The van der Waals surface area contributed by atoms with Crippen LogP contribution in [0.25, 0.3) is 10.9 Å². The van der Waals surface area contributed by atoms with E-state index in [0.29, 0.717) is 11.8 Å². The van der Waals surface area contributed by atoms with E-state index < -0.39 is 0 Å². The van der Waals surface area contributed by atoms with Crippen molar-refractivity contribution in [3.63, 3.8) is 0 Å². The highest BCUT2D eigenvalue weighted by Gasteiger charge is 2.24. The number of pyridine rings is 1. The molecule has 0 aliphatic heterocycles. The van der Waals surface area contributed by atoms with Crippen molar-refractivity contribution in [3.8, 4) is 5.75 Å². The van der Waals surface area contributed by atoms with Crippen LogP contribution in [0.5, 0.6) is 5.75 Å². The number of nitrogens with zero attached hydrogens (tertiary/aromatic N) is 1. The lowest BCUT2D eigenvalue weighted by molar-refractivity contribution is 0.111. The molecule has 3 nitrogen and oxygen atoms in total. The maximum Gasteiger partial charge on any atom is 0.168 e. The zero-order valence-corrected chi connectivity index (χ0v) is 13.3. The highest BCUT2D eigenvalue weighted by molar-refractivity contribution is 5.84. The lowest BCUT2D eigenvalue weighted by Gasteiger charge is -2.31. The van der Waals surface area contributed by atoms with Gasteiger partial charge in [-0.2, -0.15) is 0 Å². The molecular formula is C19H23NO2. The number of ether oxygens (including phenoxy) is 1. The van der Waals surface area contributed by atoms with Crippen LogP contribution >= 0.6 is 0 Å². The third kappa shape index (κ3) is 3.29. The van der Waals surface area contributed by atoms with E-state index in [9.17, 15) is 4.79 Å². The molecule has 0 atom stereocenters. The van der Waals surface area contributed by atoms with E-state index in [0.717, 1.165) is 47.6 Å². The smallest absolute Gasteiger partial charge is 0.168 e. The zero-order chi connectivity index (χ0) is 15.5. The van der Waals surface area contributed by atoms with E-state index in [1.807, 2.05) is 24.3 Å². The van der Waals surface area contributed by atoms with Gasteiger partial charge in [-0.05, 0) is 61.8 Å². The number of fused-ring (bicyclic) bond motifs is 1. The fraction of sp³-hybridized carbons (Fsp3) is 0.474. The van der Waals surface area contributed by atoms with Crippen LogP contribution in [0.1, 0.15) is 50.0 Å². The van der Waals surface area contributed by atoms with E-state index in [4.69, 9.17) is 4.74 Å². The molecule has 0 saturated heterocycles. The molecule has 1 fully saturated rings. The maximum absolute atomic E-state index is 10.8. The third-order valence-electron chi connectivity index (χ3n) is 4.77. The lowest BCUT2D eigenvalue weighted by atomic mass is 9.80. The third-order valence-corrected chi connectivity index (χ3v) is 4.77. The maximum atomic E-state index is 10.8. The van der Waals surface area contributed by atoms with Gasteiger partial charge in [0.2, 0.25) is 0 Å². The number of hydrogen-bond donors (Lipinski definition) is 0. The van der Waals surface area contributed by atoms with Crippen LogP contribution in [0.15, 0.2) is 30.3 Å². The number of aromatic nitrogens is 1. The highest BCUT2D eigenvalue weighted by Crippen LogP contribution is 2.32. The largest absolute Gasteiger partial charge is 0.490 e. The average Bonchev–Trinajstić information content (AvgIpc) is 2.55. The first-order valence-electron chi connectivity index (χ1n) is 8.18. The molecule has 3 heteroatoms. The molecule has 0 spiro atoms. The standard InChI is InChI=1S/C19H23NO2/c1-13(2)14-4-7-17(8-5-14)22-18-9-10-19-15(11-18)3-6-16(12-21)20-19/h3,6,9-14,17H,4-5,7-8H2,1-2H3/t14-,17+. The molecular weight excluding hydrogens is 274 g/mol. The SMILES string of the molecule is CC(C)[C@H]1CC[C@@H](Oc2ccc3nc(C=O)ccc3c2)CC1. The van der Waals surface area contributed by atoms with Crippen molar-refractivity contribution in [3.05, 3.63) is 36.0 Å². The molecule has 1 saturated carbocycles. The predicted molar refractivity (Wildman–Crippen MR) is 88.3 cm³/mol. The summed E-state index contributed by atoms with van der Waals surface area (Å²) in [6, 6.07) is 9.57. The van der Waals surface area contributed by atoms with Gasteiger partial charge >= 0.3 is 0 Å². The number of aldehydes is 1. The monoisotopic (exact) mass is 297 g/mol. The number of benzene rings is 1. The molecule has 1 heterocycles. The normalized spacial score (nSPS) is 22.0. The van der Waals surface area contributed by atoms with Gasteiger partial charge in [0.25, 0.3) is 0 Å². The van der Waals surface area contributed by atoms with E-state index >= 15 is 0 Å². The van der Waals surface area contributed by atoms with Gasteiger partial charge in [-0.1, -0.05) is 19.9 Å². The van der Waals surface area contributed by atoms with Crippen molar-refractivity contribution < 1.29 is 9.53 Å². The molecule has 0 amide bonds. The van der Waals surface area contributed by atoms with Crippen molar-refractivity contribution in [1.82, 2.24) is 4.98 Å². The fourth-order valence-corrected chi connectivity index (χ4v) is 3.32. The summed E-state index contributed by atoms with van der Waals surface area (Å²) in [5.41, 5.74) is 1.30. The second-order valence-electron chi connectivity index (χ2n) is 6.61. The Kier molecular flexibility index (Phi) is 4.41. The lowest BCUT2D eigenvalue weighted by Crippen LogP contribution is -2.26. The van der Waals surface area contributed by atoms with Gasteiger partial charge in [-0.3, -0.25) is 4.79 Å². The first kappa shape index (κ1) is 15.0. The molecule has 3 rings (SSSR count). The van der Waals surface area contributed by atoms with Crippen LogP contribution in [-0.4, -0.2) is 17.4 Å². The van der Waals surface area contributed by atoms with E-state index in [1.54, 1.807) is 6.07 Å². The van der Waals surface area contributed by atoms with Gasteiger partial charge in [-0.25, -0.2) is 4.98 Å². The molecule has 1 aromatic heterocycles. The van der Waals surface area contributed by atoms with E-state index in [-0.39, 0.29) is 0 Å². The van der Waals surface area contributed by atoms with Gasteiger partial charge in [0.05, 0.1) is 11.6 Å². The Morgan fingerprint density at radius 1 is 1.14 bits per heavy atom. The molecule has 1 aliphatic rings. The first-order valence-corrected chi connectivity index (χ1v) is 8.18. The van der Waals surface area contributed by atoms with Gasteiger partial charge in [0.1, 0.15) is 11.4 Å². The summed E-state index contributed by atoms with van der Waals surface area (Å²) in [6.45, 7) is 4.63. The summed E-state index contributed by atoms with van der Waals surface area (Å²) in [7, 11) is 0. The quantitative estimate of drug-likeness (QED) is 0.772. The number of hydrogen-bond acceptors (Lipinski definition) is 3. The molecule has 22 heavy (non-hydrogen) atoms. The summed E-state index contributed by atoms with van der Waals surface area (Å²) >= 11 is 0. The van der Waals surface area contributed by atoms with Gasteiger partial charge < -0.3 is 4.74 Å². The highest BCUT2D eigenvalue weighted by atomic mass is 16.5. The molecule has 116 valence electrons. The van der Waals surface area contributed by atoms with Crippen molar-refractivity contribution in [1.29, 1.82) is 0 Å². The minimum absolute atomic E-state index is 0.328. The Morgan fingerprint density at radius 2 is 1.91 bits per heavy atom. The summed E-state index contributed by atoms with van der Waals surface area (Å²) < 4.78 is 6.15. The molecule has 1 aromatic carbocycles. The topological polar surface area (TPSA) is 39.2 Å².